The van der Waals surface area contributed by atoms with Crippen molar-refractivity contribution in [3.05, 3.63) is 5.21 Å². The second-order valence-corrected chi connectivity index (χ2v) is 21.3. The summed E-state index contributed by atoms with van der Waals surface area (Å²) in [5.41, 5.74) is -1.07. The molecule has 0 bridgehead atoms. The van der Waals surface area contributed by atoms with Gasteiger partial charge in [-0.15, -0.1) is 0 Å². The number of carbonyl (C=O) groups excluding carboxylic acids is 2. The SMILES string of the molecule is CCCCCCCCCCCCCCCC(=O)OC[C@H](COP(=O)(O)OCC[N+](C)(C)C1CC(C)(C)N([O-])C(C)(C)C1)OC(=O)CCCCCCCCCCCCCCC. The molecule has 0 aromatic carbocycles. The summed E-state index contributed by atoms with van der Waals surface area (Å²) < 4.78 is 35.4. The first kappa shape index (κ1) is 56.9. The number of nitrogens with zero attached hydrogens (tertiary/aromatic N) is 2. The molecule has 1 aliphatic heterocycles. The molecule has 2 atom stereocenters. The lowest BCUT2D eigenvalue weighted by molar-refractivity contribution is -0.918. The summed E-state index contributed by atoms with van der Waals surface area (Å²) in [6.45, 7) is 12.0. The lowest BCUT2D eigenvalue weighted by atomic mass is 9.77. The van der Waals surface area contributed by atoms with Crippen LogP contribution in [0, 0.1) is 5.21 Å². The Morgan fingerprint density at radius 3 is 1.40 bits per heavy atom. The van der Waals surface area contributed by atoms with E-state index in [2.05, 4.69) is 13.8 Å². The third kappa shape index (κ3) is 27.9. The van der Waals surface area contributed by atoms with Gasteiger partial charge in [0.05, 0.1) is 26.7 Å². The predicted octanol–water partition coefficient (Wildman–Crippen LogP) is 13.1. The van der Waals surface area contributed by atoms with Crippen molar-refractivity contribution >= 4 is 19.8 Å². The first-order valence-electron chi connectivity index (χ1n) is 24.7. The standard InChI is InChI=1S/C48H95N2O9P/c1-9-11-13-15-17-19-21-23-25-27-29-31-33-35-45(51)56-41-44(59-46(52)36-34-32-30-28-26-24-22-20-18-16-14-12-10-2)42-58-60(54,55)57-38-37-50(7,8)43-39-47(3,4)49(53)48(5,6)40-43/h43-44H,9-42H2,1-8H3,(H,54,55)/t44-/m1/s1. The van der Waals surface area contributed by atoms with Gasteiger partial charge in [0, 0.05) is 36.8 Å². The Morgan fingerprint density at radius 1 is 0.633 bits per heavy atom. The molecular weight excluding hydrogens is 780 g/mol. The molecule has 1 rings (SSSR count). The molecule has 1 aliphatic rings. The Morgan fingerprint density at radius 2 is 1.00 bits per heavy atom. The van der Waals surface area contributed by atoms with Crippen LogP contribution in [0.2, 0.25) is 0 Å². The first-order chi connectivity index (χ1) is 28.5. The molecule has 1 heterocycles. The zero-order valence-corrected chi connectivity index (χ0v) is 41.1. The summed E-state index contributed by atoms with van der Waals surface area (Å²) in [6.07, 6.45) is 32.3. The number of esters is 2. The smallest absolute Gasteiger partial charge is 0.472 e. The van der Waals surface area contributed by atoms with Gasteiger partial charge in [0.1, 0.15) is 19.8 Å². The van der Waals surface area contributed by atoms with Crippen molar-refractivity contribution in [1.82, 2.24) is 5.06 Å². The summed E-state index contributed by atoms with van der Waals surface area (Å²) >= 11 is 0. The van der Waals surface area contributed by atoms with Crippen LogP contribution in [0.15, 0.2) is 0 Å². The number of unbranched alkanes of at least 4 members (excludes halogenated alkanes) is 24. The molecule has 0 aliphatic carbocycles. The number of likely N-dealkylation sites (N-methyl/N-ethyl adjacent to an activating group) is 1. The van der Waals surface area contributed by atoms with E-state index in [9.17, 15) is 24.3 Å². The Kier molecular flexibility index (Phi) is 30.9. The molecule has 356 valence electrons. The highest BCUT2D eigenvalue weighted by atomic mass is 31.2. The van der Waals surface area contributed by atoms with Gasteiger partial charge in [-0.1, -0.05) is 168 Å². The average molecular weight is 875 g/mol. The van der Waals surface area contributed by atoms with Crippen molar-refractivity contribution in [2.24, 2.45) is 0 Å². The monoisotopic (exact) mass is 875 g/mol. The summed E-state index contributed by atoms with van der Waals surface area (Å²) in [7, 11) is -0.430. The van der Waals surface area contributed by atoms with Crippen molar-refractivity contribution in [3.8, 4) is 0 Å². The average Bonchev–Trinajstić information content (AvgIpc) is 3.18. The van der Waals surface area contributed by atoms with Crippen molar-refractivity contribution in [3.63, 3.8) is 0 Å². The Balaban J connectivity index is 2.53. The number of phosphoric acid groups is 1. The number of ether oxygens (including phenoxy) is 2. The Hall–Kier alpha value is -1.07. The van der Waals surface area contributed by atoms with Crippen molar-refractivity contribution in [2.45, 2.75) is 257 Å². The minimum Gasteiger partial charge on any atom is -0.784 e. The van der Waals surface area contributed by atoms with E-state index in [1.165, 1.54) is 127 Å². The van der Waals surface area contributed by atoms with Crippen LogP contribution in [0.4, 0.5) is 0 Å². The molecule has 60 heavy (non-hydrogen) atoms. The second kappa shape index (κ2) is 32.6. The van der Waals surface area contributed by atoms with Gasteiger partial charge in [0.15, 0.2) is 6.10 Å². The quantitative estimate of drug-likeness (QED) is 0.0275. The van der Waals surface area contributed by atoms with Gasteiger partial charge in [-0.05, 0) is 40.5 Å². The van der Waals surface area contributed by atoms with E-state index < -0.39 is 37.6 Å². The van der Waals surface area contributed by atoms with Crippen molar-refractivity contribution < 1.29 is 42.1 Å². The van der Waals surface area contributed by atoms with Crippen molar-refractivity contribution in [1.29, 1.82) is 0 Å². The molecule has 1 saturated heterocycles. The molecule has 0 saturated carbocycles. The summed E-state index contributed by atoms with van der Waals surface area (Å²) in [5, 5.41) is 14.1. The maximum atomic E-state index is 13.0. The number of hydroxylamine groups is 2. The molecule has 12 heteroatoms. The first-order valence-corrected chi connectivity index (χ1v) is 26.2. The zero-order valence-electron chi connectivity index (χ0n) is 40.3. The third-order valence-electron chi connectivity index (χ3n) is 12.6. The molecule has 0 radical (unpaired) electrons. The van der Waals surface area contributed by atoms with Gasteiger partial charge in [-0.3, -0.25) is 18.6 Å². The van der Waals surface area contributed by atoms with Crippen LogP contribution >= 0.6 is 7.82 Å². The lowest BCUT2D eigenvalue weighted by Gasteiger charge is -2.61. The van der Waals surface area contributed by atoms with Crippen LogP contribution in [0.1, 0.15) is 234 Å². The number of phosphoric ester groups is 1. The number of hydrogen-bond donors (Lipinski definition) is 1. The molecule has 1 N–H and O–H groups in total. The van der Waals surface area contributed by atoms with Gasteiger partial charge in [-0.25, -0.2) is 4.57 Å². The highest BCUT2D eigenvalue weighted by Crippen LogP contribution is 2.44. The highest BCUT2D eigenvalue weighted by molar-refractivity contribution is 7.47. The molecule has 1 fully saturated rings. The van der Waals surface area contributed by atoms with Crippen molar-refractivity contribution in [2.75, 3.05) is 40.5 Å². The van der Waals surface area contributed by atoms with E-state index in [1.807, 2.05) is 41.8 Å². The van der Waals surface area contributed by atoms with Gasteiger partial charge >= 0.3 is 19.8 Å². The van der Waals surface area contributed by atoms with E-state index >= 15 is 0 Å². The normalized spacial score (nSPS) is 17.4. The summed E-state index contributed by atoms with van der Waals surface area (Å²) in [4.78, 5) is 36.1. The fraction of sp³-hybridized carbons (Fsp3) is 0.958. The maximum Gasteiger partial charge on any atom is 0.472 e. The molecule has 0 aromatic heterocycles. The topological polar surface area (TPSA) is 135 Å². The maximum absolute atomic E-state index is 13.0. The van der Waals surface area contributed by atoms with E-state index in [0.29, 0.717) is 30.3 Å². The van der Waals surface area contributed by atoms with Gasteiger partial charge < -0.3 is 29.1 Å². The van der Waals surface area contributed by atoms with E-state index in [4.69, 9.17) is 18.5 Å². The molecule has 0 amide bonds. The Bertz CT molecular complexity index is 1130. The van der Waals surface area contributed by atoms with Crippen LogP contribution in [-0.4, -0.2) is 90.1 Å². The van der Waals surface area contributed by atoms with Gasteiger partial charge in [0.2, 0.25) is 0 Å². The Labute approximate surface area is 368 Å². The molecule has 0 aromatic rings. The van der Waals surface area contributed by atoms with Crippen LogP contribution in [0.5, 0.6) is 0 Å². The number of carbonyl (C=O) groups is 2. The van der Waals surface area contributed by atoms with E-state index in [-0.39, 0.29) is 38.1 Å². The highest BCUT2D eigenvalue weighted by Gasteiger charge is 2.46. The minimum atomic E-state index is -4.52. The van der Waals surface area contributed by atoms with E-state index in [1.54, 1.807) is 0 Å². The number of quaternary nitrogens is 1. The largest absolute Gasteiger partial charge is 0.784 e. The van der Waals surface area contributed by atoms with Crippen LogP contribution in [0.3, 0.4) is 0 Å². The zero-order chi connectivity index (χ0) is 44.8. The fourth-order valence-corrected chi connectivity index (χ4v) is 9.43. The van der Waals surface area contributed by atoms with Crippen LogP contribution < -0.4 is 0 Å². The number of rotatable bonds is 39. The molecule has 1 unspecified atom stereocenters. The van der Waals surface area contributed by atoms with Crippen LogP contribution in [0.25, 0.3) is 0 Å². The third-order valence-corrected chi connectivity index (χ3v) is 13.6. The second-order valence-electron chi connectivity index (χ2n) is 19.9. The number of piperidine rings is 1. The predicted molar refractivity (Wildman–Crippen MR) is 247 cm³/mol. The summed E-state index contributed by atoms with van der Waals surface area (Å²) in [6, 6.07) is 0.149. The van der Waals surface area contributed by atoms with Gasteiger partial charge in [0.25, 0.3) is 0 Å². The lowest BCUT2D eigenvalue weighted by Crippen LogP contribution is -2.65. The minimum absolute atomic E-state index is 0.0448. The molecule has 0 spiro atoms. The fourth-order valence-electron chi connectivity index (χ4n) is 8.69. The number of hydrogen-bond acceptors (Lipinski definition) is 9. The molecule has 11 nitrogen and oxygen atoms in total. The van der Waals surface area contributed by atoms with Gasteiger partial charge in [-0.2, -0.15) is 0 Å². The van der Waals surface area contributed by atoms with Crippen LogP contribution in [-0.2, 0) is 32.7 Å². The van der Waals surface area contributed by atoms with E-state index in [0.717, 1.165) is 38.5 Å². The summed E-state index contributed by atoms with van der Waals surface area (Å²) in [5.74, 6) is -0.824. The molecular formula is C48H95N2O9P.